The first kappa shape index (κ1) is 15.2. The quantitative estimate of drug-likeness (QED) is 0.856. The minimum Gasteiger partial charge on any atom is -0.374 e. The lowest BCUT2D eigenvalue weighted by atomic mass is 10.1. The Hall–Kier alpha value is -1.24. The molecule has 1 aromatic carbocycles. The van der Waals surface area contributed by atoms with Gasteiger partial charge in [-0.15, -0.1) is 0 Å². The predicted octanol–water partition coefficient (Wildman–Crippen LogP) is 3.55. The van der Waals surface area contributed by atoms with Crippen LogP contribution in [-0.2, 0) is 11.0 Å². The van der Waals surface area contributed by atoms with Crippen molar-refractivity contribution in [2.45, 2.75) is 31.5 Å². The number of amides is 1. The normalized spacial score (nSPS) is 20.2. The molecule has 1 aliphatic rings. The van der Waals surface area contributed by atoms with Crippen LogP contribution in [0.1, 0.15) is 24.8 Å². The van der Waals surface area contributed by atoms with Crippen molar-refractivity contribution >= 4 is 27.5 Å². The summed E-state index contributed by atoms with van der Waals surface area (Å²) in [6, 6.07) is 3.39. The first-order valence-electron chi connectivity index (χ1n) is 6.29. The summed E-state index contributed by atoms with van der Waals surface area (Å²) < 4.78 is 38.4. The molecule has 1 saturated heterocycles. The van der Waals surface area contributed by atoms with E-state index in [9.17, 15) is 18.0 Å². The van der Waals surface area contributed by atoms with Crippen LogP contribution in [0.15, 0.2) is 22.7 Å². The Kier molecular flexibility index (Phi) is 4.57. The Morgan fingerprint density at radius 1 is 1.30 bits per heavy atom. The summed E-state index contributed by atoms with van der Waals surface area (Å²) in [5, 5.41) is 5.62. The SMILES string of the molecule is O=C1NCCCCC1Nc1ccc(Br)c(C(F)(F)F)c1. The van der Waals surface area contributed by atoms with Crippen molar-refractivity contribution in [3.05, 3.63) is 28.2 Å². The standard InChI is InChI=1S/C13H14BrF3N2O/c14-10-5-4-8(7-9(10)13(15,16)17)19-11-3-1-2-6-18-12(11)20/h4-5,7,11,19H,1-3,6H2,(H,18,20). The van der Waals surface area contributed by atoms with Gasteiger partial charge in [0, 0.05) is 16.7 Å². The Bertz CT molecular complexity index is 505. The van der Waals surface area contributed by atoms with Crippen LogP contribution in [0.2, 0.25) is 0 Å². The maximum atomic E-state index is 12.8. The highest BCUT2D eigenvalue weighted by Gasteiger charge is 2.33. The second-order valence-corrected chi connectivity index (χ2v) is 5.53. The Labute approximate surface area is 123 Å². The lowest BCUT2D eigenvalue weighted by Crippen LogP contribution is -2.37. The van der Waals surface area contributed by atoms with Gasteiger partial charge in [-0.05, 0) is 37.5 Å². The number of hydrogen-bond acceptors (Lipinski definition) is 2. The van der Waals surface area contributed by atoms with Crippen molar-refractivity contribution in [3.63, 3.8) is 0 Å². The van der Waals surface area contributed by atoms with Crippen LogP contribution in [0.25, 0.3) is 0 Å². The van der Waals surface area contributed by atoms with E-state index in [1.54, 1.807) is 0 Å². The predicted molar refractivity (Wildman–Crippen MR) is 73.4 cm³/mol. The van der Waals surface area contributed by atoms with Crippen LogP contribution in [0.4, 0.5) is 18.9 Å². The molecule has 1 fully saturated rings. The summed E-state index contributed by atoms with van der Waals surface area (Å²) in [5.74, 6) is -0.168. The van der Waals surface area contributed by atoms with E-state index >= 15 is 0 Å². The van der Waals surface area contributed by atoms with E-state index in [0.29, 0.717) is 18.7 Å². The number of carbonyl (C=O) groups excluding carboxylic acids is 1. The highest BCUT2D eigenvalue weighted by molar-refractivity contribution is 9.10. The molecule has 110 valence electrons. The van der Waals surface area contributed by atoms with E-state index in [0.717, 1.165) is 18.9 Å². The Morgan fingerprint density at radius 3 is 2.75 bits per heavy atom. The van der Waals surface area contributed by atoms with Gasteiger partial charge in [-0.25, -0.2) is 0 Å². The van der Waals surface area contributed by atoms with Crippen LogP contribution in [0.5, 0.6) is 0 Å². The number of alkyl halides is 3. The first-order chi connectivity index (χ1) is 9.38. The fourth-order valence-corrected chi connectivity index (χ4v) is 2.58. The van der Waals surface area contributed by atoms with E-state index in [-0.39, 0.29) is 10.4 Å². The minimum absolute atomic E-state index is 0.0131. The molecule has 1 aromatic rings. The first-order valence-corrected chi connectivity index (χ1v) is 7.08. The zero-order chi connectivity index (χ0) is 14.8. The number of halogens is 4. The third-order valence-electron chi connectivity index (χ3n) is 3.15. The second kappa shape index (κ2) is 6.03. The summed E-state index contributed by atoms with van der Waals surface area (Å²) >= 11 is 2.89. The fourth-order valence-electron chi connectivity index (χ4n) is 2.11. The lowest BCUT2D eigenvalue weighted by Gasteiger charge is -2.18. The van der Waals surface area contributed by atoms with Crippen molar-refractivity contribution in [1.82, 2.24) is 5.32 Å². The molecule has 2 N–H and O–H groups in total. The van der Waals surface area contributed by atoms with Crippen LogP contribution in [-0.4, -0.2) is 18.5 Å². The van der Waals surface area contributed by atoms with Gasteiger partial charge in [0.2, 0.25) is 5.91 Å². The number of nitrogens with one attached hydrogen (secondary N) is 2. The van der Waals surface area contributed by atoms with Crippen LogP contribution in [0, 0.1) is 0 Å². The summed E-state index contributed by atoms with van der Waals surface area (Å²) in [6.07, 6.45) is -2.07. The zero-order valence-corrected chi connectivity index (χ0v) is 12.1. The molecule has 0 aliphatic carbocycles. The maximum Gasteiger partial charge on any atom is 0.417 e. The third kappa shape index (κ3) is 3.65. The summed E-state index contributed by atoms with van der Waals surface area (Å²) in [7, 11) is 0. The lowest BCUT2D eigenvalue weighted by molar-refractivity contribution is -0.138. The van der Waals surface area contributed by atoms with E-state index in [1.807, 2.05) is 0 Å². The zero-order valence-electron chi connectivity index (χ0n) is 10.6. The van der Waals surface area contributed by atoms with Gasteiger partial charge in [-0.2, -0.15) is 13.2 Å². The van der Waals surface area contributed by atoms with Gasteiger partial charge in [0.25, 0.3) is 0 Å². The van der Waals surface area contributed by atoms with Gasteiger partial charge in [-0.1, -0.05) is 15.9 Å². The molecule has 2 rings (SSSR count). The molecule has 3 nitrogen and oxygen atoms in total. The molecule has 0 aromatic heterocycles. The average molecular weight is 351 g/mol. The van der Waals surface area contributed by atoms with Crippen molar-refractivity contribution in [2.75, 3.05) is 11.9 Å². The van der Waals surface area contributed by atoms with Crippen molar-refractivity contribution < 1.29 is 18.0 Å². The molecule has 20 heavy (non-hydrogen) atoms. The van der Waals surface area contributed by atoms with E-state index in [4.69, 9.17) is 0 Å². The number of rotatable bonds is 2. The molecule has 1 unspecified atom stereocenters. The molecule has 1 atom stereocenters. The van der Waals surface area contributed by atoms with Crippen LogP contribution in [0.3, 0.4) is 0 Å². The Balaban J connectivity index is 2.19. The molecule has 1 heterocycles. The monoisotopic (exact) mass is 350 g/mol. The maximum absolute atomic E-state index is 12.8. The molecule has 0 spiro atoms. The minimum atomic E-state index is -4.43. The number of anilines is 1. The summed E-state index contributed by atoms with van der Waals surface area (Å²) in [5.41, 5.74) is -0.459. The van der Waals surface area contributed by atoms with Crippen molar-refractivity contribution in [2.24, 2.45) is 0 Å². The summed E-state index contributed by atoms with van der Waals surface area (Å²) in [6.45, 7) is 0.616. The average Bonchev–Trinajstić information content (AvgIpc) is 2.56. The smallest absolute Gasteiger partial charge is 0.374 e. The van der Waals surface area contributed by atoms with Crippen molar-refractivity contribution in [1.29, 1.82) is 0 Å². The van der Waals surface area contributed by atoms with Gasteiger partial charge in [0.1, 0.15) is 6.04 Å². The van der Waals surface area contributed by atoms with E-state index < -0.39 is 17.8 Å². The molecular weight excluding hydrogens is 337 g/mol. The number of carbonyl (C=O) groups is 1. The largest absolute Gasteiger partial charge is 0.417 e. The van der Waals surface area contributed by atoms with Crippen LogP contribution < -0.4 is 10.6 Å². The molecule has 0 saturated carbocycles. The fraction of sp³-hybridized carbons (Fsp3) is 0.462. The molecular formula is C13H14BrF3N2O. The molecule has 1 amide bonds. The molecule has 0 radical (unpaired) electrons. The van der Waals surface area contributed by atoms with Gasteiger partial charge in [0.15, 0.2) is 0 Å². The van der Waals surface area contributed by atoms with Crippen molar-refractivity contribution in [3.8, 4) is 0 Å². The number of benzene rings is 1. The molecule has 7 heteroatoms. The van der Waals surface area contributed by atoms with E-state index in [1.165, 1.54) is 12.1 Å². The summed E-state index contributed by atoms with van der Waals surface area (Å²) in [4.78, 5) is 11.8. The number of hydrogen-bond donors (Lipinski definition) is 2. The molecule has 1 aliphatic heterocycles. The van der Waals surface area contributed by atoms with Gasteiger partial charge in [0.05, 0.1) is 5.56 Å². The van der Waals surface area contributed by atoms with E-state index in [2.05, 4.69) is 26.6 Å². The van der Waals surface area contributed by atoms with Crippen LogP contribution >= 0.6 is 15.9 Å². The highest BCUT2D eigenvalue weighted by atomic mass is 79.9. The van der Waals surface area contributed by atoms with Gasteiger partial charge < -0.3 is 10.6 Å². The van der Waals surface area contributed by atoms with Gasteiger partial charge in [-0.3, -0.25) is 4.79 Å². The highest BCUT2D eigenvalue weighted by Crippen LogP contribution is 2.36. The Morgan fingerprint density at radius 2 is 2.05 bits per heavy atom. The third-order valence-corrected chi connectivity index (χ3v) is 3.84. The topological polar surface area (TPSA) is 41.1 Å². The van der Waals surface area contributed by atoms with Gasteiger partial charge >= 0.3 is 6.18 Å². The second-order valence-electron chi connectivity index (χ2n) is 4.68. The molecule has 0 bridgehead atoms.